The van der Waals surface area contributed by atoms with Gasteiger partial charge in [-0.05, 0) is 54.1 Å². The van der Waals surface area contributed by atoms with Crippen LogP contribution in [0.1, 0.15) is 5.56 Å². The van der Waals surface area contributed by atoms with Crippen LogP contribution < -0.4 is 21.7 Å². The molecular weight excluding hydrogens is 550 g/mol. The molecule has 0 aliphatic heterocycles. The predicted octanol–water partition coefficient (Wildman–Crippen LogP) is 6.06. The van der Waals surface area contributed by atoms with Gasteiger partial charge in [0.1, 0.15) is 16.0 Å². The number of hydrogen-bond donors (Lipinski definition) is 2. The van der Waals surface area contributed by atoms with Gasteiger partial charge < -0.3 is 24.6 Å². The van der Waals surface area contributed by atoms with Crippen LogP contribution in [0.2, 0.25) is 5.02 Å². The van der Waals surface area contributed by atoms with E-state index in [0.29, 0.717) is 26.6 Å². The fourth-order valence-electron chi connectivity index (χ4n) is 4.11. The molecule has 200 valence electrons. The standard InChI is InChI=1S/C30H22ClN3O5S/c1-2-3-15-33-30(32)38-20-13-11-18(12-14-20)17-34-23-10-5-4-9-22(23)26-24(28(34)36)25(35)27(29(37)39-26)40-21-8-6-7-19(31)16-21/h2-16,35H,1,17H2,(H2,32,33)/b15-3-. The van der Waals surface area contributed by atoms with Crippen LogP contribution in [0.15, 0.2) is 127 Å². The van der Waals surface area contributed by atoms with Gasteiger partial charge in [0.2, 0.25) is 0 Å². The van der Waals surface area contributed by atoms with Gasteiger partial charge in [-0.1, -0.05) is 66.3 Å². The first kappa shape index (κ1) is 26.9. The summed E-state index contributed by atoms with van der Waals surface area (Å²) in [6.07, 6.45) is 4.65. The van der Waals surface area contributed by atoms with Gasteiger partial charge in [0.25, 0.3) is 11.6 Å². The lowest BCUT2D eigenvalue weighted by Gasteiger charge is -2.14. The minimum Gasteiger partial charge on any atom is -0.505 e. The summed E-state index contributed by atoms with van der Waals surface area (Å²) < 4.78 is 12.7. The second-order valence-electron chi connectivity index (χ2n) is 8.53. The molecule has 0 radical (unpaired) electrons. The second kappa shape index (κ2) is 11.6. The van der Waals surface area contributed by atoms with Crippen molar-refractivity contribution in [2.24, 2.45) is 10.7 Å². The number of rotatable bonds is 7. The van der Waals surface area contributed by atoms with Crippen LogP contribution in [0.3, 0.4) is 0 Å². The highest BCUT2D eigenvalue weighted by Crippen LogP contribution is 2.37. The Labute approximate surface area is 237 Å². The number of aliphatic imine (C=N–C) groups is 1. The van der Waals surface area contributed by atoms with Crippen molar-refractivity contribution < 1.29 is 14.3 Å². The van der Waals surface area contributed by atoms with Crippen molar-refractivity contribution in [1.82, 2.24) is 4.57 Å². The highest BCUT2D eigenvalue weighted by Gasteiger charge is 2.22. The number of amidine groups is 1. The highest BCUT2D eigenvalue weighted by molar-refractivity contribution is 7.99. The maximum Gasteiger partial charge on any atom is 0.354 e. The van der Waals surface area contributed by atoms with E-state index in [2.05, 4.69) is 11.6 Å². The average molecular weight is 572 g/mol. The molecule has 0 bridgehead atoms. The second-order valence-corrected chi connectivity index (χ2v) is 10.1. The molecule has 0 aliphatic carbocycles. The molecule has 3 aromatic carbocycles. The molecule has 40 heavy (non-hydrogen) atoms. The minimum atomic E-state index is -0.754. The lowest BCUT2D eigenvalue weighted by molar-refractivity contribution is 0.446. The summed E-state index contributed by atoms with van der Waals surface area (Å²) >= 11 is 7.05. The molecule has 2 aromatic heterocycles. The fourth-order valence-corrected chi connectivity index (χ4v) is 5.25. The Morgan fingerprint density at radius 1 is 1.12 bits per heavy atom. The van der Waals surface area contributed by atoms with E-state index in [1.165, 1.54) is 10.8 Å². The smallest absolute Gasteiger partial charge is 0.354 e. The van der Waals surface area contributed by atoms with Crippen LogP contribution >= 0.6 is 23.4 Å². The normalized spacial score (nSPS) is 11.9. The number of ether oxygens (including phenoxy) is 1. The van der Waals surface area contributed by atoms with Crippen molar-refractivity contribution in [3.05, 3.63) is 129 Å². The summed E-state index contributed by atoms with van der Waals surface area (Å²) in [5.41, 5.74) is 5.87. The number of benzene rings is 3. The molecule has 3 N–H and O–H groups in total. The Balaban J connectivity index is 1.57. The summed E-state index contributed by atoms with van der Waals surface area (Å²) in [6, 6.07) is 20.8. The molecule has 0 aliphatic rings. The lowest BCUT2D eigenvalue weighted by atomic mass is 10.1. The summed E-state index contributed by atoms with van der Waals surface area (Å²) in [5.74, 6) is 0.0274. The monoisotopic (exact) mass is 571 g/mol. The molecule has 0 saturated heterocycles. The number of para-hydroxylation sites is 1. The fraction of sp³-hybridized carbons (Fsp3) is 0.0333. The van der Waals surface area contributed by atoms with Crippen molar-refractivity contribution in [1.29, 1.82) is 0 Å². The van der Waals surface area contributed by atoms with E-state index in [-0.39, 0.29) is 28.4 Å². The van der Waals surface area contributed by atoms with Gasteiger partial charge in [0.05, 0.1) is 12.1 Å². The van der Waals surface area contributed by atoms with Crippen LogP contribution in [0.25, 0.3) is 21.9 Å². The number of pyridine rings is 1. The maximum atomic E-state index is 13.8. The van der Waals surface area contributed by atoms with Gasteiger partial charge in [0, 0.05) is 21.5 Å². The van der Waals surface area contributed by atoms with E-state index in [4.69, 9.17) is 26.5 Å². The van der Waals surface area contributed by atoms with Crippen molar-refractivity contribution in [3.8, 4) is 11.5 Å². The lowest BCUT2D eigenvalue weighted by Crippen LogP contribution is -2.23. The van der Waals surface area contributed by atoms with E-state index in [9.17, 15) is 14.7 Å². The third kappa shape index (κ3) is 5.51. The molecule has 5 aromatic rings. The average Bonchev–Trinajstić information content (AvgIpc) is 2.94. The van der Waals surface area contributed by atoms with Crippen molar-refractivity contribution in [2.75, 3.05) is 0 Å². The number of fused-ring (bicyclic) bond motifs is 3. The van der Waals surface area contributed by atoms with Gasteiger partial charge in [-0.2, -0.15) is 0 Å². The summed E-state index contributed by atoms with van der Waals surface area (Å²) in [4.78, 5) is 31.2. The molecule has 0 saturated carbocycles. The summed E-state index contributed by atoms with van der Waals surface area (Å²) in [7, 11) is 0. The summed E-state index contributed by atoms with van der Waals surface area (Å²) in [6.45, 7) is 3.74. The molecule has 0 unspecified atom stereocenters. The van der Waals surface area contributed by atoms with Gasteiger partial charge >= 0.3 is 5.63 Å². The molecule has 10 heteroatoms. The van der Waals surface area contributed by atoms with Crippen LogP contribution in [0, 0.1) is 0 Å². The van der Waals surface area contributed by atoms with E-state index in [0.717, 1.165) is 17.3 Å². The molecule has 5 rings (SSSR count). The van der Waals surface area contributed by atoms with Crippen molar-refractivity contribution in [3.63, 3.8) is 0 Å². The van der Waals surface area contributed by atoms with Crippen LogP contribution in [0.4, 0.5) is 0 Å². The van der Waals surface area contributed by atoms with E-state index >= 15 is 0 Å². The largest absolute Gasteiger partial charge is 0.505 e. The topological polar surface area (TPSA) is 120 Å². The van der Waals surface area contributed by atoms with Crippen LogP contribution in [-0.4, -0.2) is 15.7 Å². The first-order valence-electron chi connectivity index (χ1n) is 12.0. The zero-order valence-electron chi connectivity index (χ0n) is 20.9. The Morgan fingerprint density at radius 3 is 2.65 bits per heavy atom. The third-order valence-electron chi connectivity index (χ3n) is 5.88. The first-order valence-corrected chi connectivity index (χ1v) is 13.2. The van der Waals surface area contributed by atoms with E-state index in [1.807, 2.05) is 0 Å². The van der Waals surface area contributed by atoms with E-state index < -0.39 is 16.9 Å². The Hall–Kier alpha value is -4.73. The zero-order chi connectivity index (χ0) is 28.2. The molecular formula is C30H22ClN3O5S. The molecule has 0 spiro atoms. The minimum absolute atomic E-state index is 0.0267. The molecule has 2 heterocycles. The molecule has 0 atom stereocenters. The maximum absolute atomic E-state index is 13.8. The molecule has 0 amide bonds. The third-order valence-corrected chi connectivity index (χ3v) is 7.17. The Kier molecular flexibility index (Phi) is 7.77. The predicted molar refractivity (Wildman–Crippen MR) is 159 cm³/mol. The Bertz CT molecular complexity index is 1930. The van der Waals surface area contributed by atoms with Crippen molar-refractivity contribution >= 4 is 51.3 Å². The number of aromatic nitrogens is 1. The summed E-state index contributed by atoms with van der Waals surface area (Å²) in [5, 5.41) is 12.1. The van der Waals surface area contributed by atoms with Crippen LogP contribution in [-0.2, 0) is 6.54 Å². The highest BCUT2D eigenvalue weighted by atomic mass is 35.5. The van der Waals surface area contributed by atoms with Gasteiger partial charge in [0.15, 0.2) is 11.3 Å². The van der Waals surface area contributed by atoms with Gasteiger partial charge in [-0.15, -0.1) is 0 Å². The number of halogens is 1. The van der Waals surface area contributed by atoms with Gasteiger partial charge in [-0.3, -0.25) is 4.79 Å². The Morgan fingerprint density at radius 2 is 1.90 bits per heavy atom. The number of nitrogens with zero attached hydrogens (tertiary/aromatic N) is 2. The number of nitrogens with two attached hydrogens (primary N) is 1. The molecule has 0 fully saturated rings. The zero-order valence-corrected chi connectivity index (χ0v) is 22.5. The van der Waals surface area contributed by atoms with Crippen LogP contribution in [0.5, 0.6) is 11.5 Å². The first-order chi connectivity index (χ1) is 19.4. The van der Waals surface area contributed by atoms with Gasteiger partial charge in [-0.25, -0.2) is 9.79 Å². The number of allylic oxidation sites excluding steroid dienone is 2. The molecule has 8 nitrogen and oxygen atoms in total. The quantitative estimate of drug-likeness (QED) is 0.105. The van der Waals surface area contributed by atoms with Crippen molar-refractivity contribution in [2.45, 2.75) is 16.3 Å². The van der Waals surface area contributed by atoms with E-state index in [1.54, 1.807) is 84.9 Å². The SMILES string of the molecule is C=C/C=C\N=C(/N)Oc1ccc(Cn2c(=O)c3c(O)c(Sc4cccc(Cl)c4)c(=O)oc3c3ccccc32)cc1. The number of hydrogen-bond acceptors (Lipinski definition) is 7. The number of aromatic hydroxyl groups is 1.